The Hall–Kier alpha value is -2.59. The zero-order valence-corrected chi connectivity index (χ0v) is 15.3. The maximum absolute atomic E-state index is 14.0. The van der Waals surface area contributed by atoms with Crippen LogP contribution in [0.3, 0.4) is 0 Å². The number of benzene rings is 1. The summed E-state index contributed by atoms with van der Waals surface area (Å²) >= 11 is 2.49. The number of amides is 1. The van der Waals surface area contributed by atoms with Gasteiger partial charge in [-0.1, -0.05) is 0 Å². The fourth-order valence-corrected chi connectivity index (χ4v) is 4.06. The van der Waals surface area contributed by atoms with Gasteiger partial charge < -0.3 is 15.2 Å². The first-order valence-corrected chi connectivity index (χ1v) is 9.01. The predicted octanol–water partition coefficient (Wildman–Crippen LogP) is 4.08. The number of phenols is 1. The van der Waals surface area contributed by atoms with Gasteiger partial charge in [0.25, 0.3) is 0 Å². The van der Waals surface area contributed by atoms with Gasteiger partial charge in [0, 0.05) is 17.0 Å². The number of nitrogens with zero attached hydrogens (tertiary/aromatic N) is 2. The molecule has 136 valence electrons. The van der Waals surface area contributed by atoms with Crippen LogP contribution in [0.15, 0.2) is 17.5 Å². The highest BCUT2D eigenvalue weighted by molar-refractivity contribution is 7.16. The van der Waals surface area contributed by atoms with Crippen LogP contribution in [-0.2, 0) is 11.3 Å². The van der Waals surface area contributed by atoms with Crippen LogP contribution >= 0.6 is 22.7 Å². The van der Waals surface area contributed by atoms with Crippen LogP contribution in [0, 0.1) is 18.6 Å². The van der Waals surface area contributed by atoms with Crippen molar-refractivity contribution in [2.45, 2.75) is 13.5 Å². The molecule has 0 aliphatic carbocycles. The highest BCUT2D eigenvalue weighted by atomic mass is 32.1. The number of carbonyl (C=O) groups excluding carboxylic acids is 1. The minimum Gasteiger partial charge on any atom is -0.505 e. The van der Waals surface area contributed by atoms with Gasteiger partial charge in [-0.3, -0.25) is 0 Å². The molecule has 0 atom stereocenters. The van der Waals surface area contributed by atoms with Crippen molar-refractivity contribution in [2.75, 3.05) is 7.11 Å². The smallest absolute Gasteiger partial charge is 0.407 e. The first-order chi connectivity index (χ1) is 12.4. The second-order valence-corrected chi connectivity index (χ2v) is 7.13. The van der Waals surface area contributed by atoms with Crippen molar-refractivity contribution >= 4 is 28.8 Å². The minimum absolute atomic E-state index is 0.0219. The quantitative estimate of drug-likeness (QED) is 0.693. The summed E-state index contributed by atoms with van der Waals surface area (Å²) in [7, 11) is 1.27. The number of rotatable bonds is 4. The zero-order valence-electron chi connectivity index (χ0n) is 13.7. The molecule has 2 heterocycles. The number of halogens is 2. The highest BCUT2D eigenvalue weighted by Crippen LogP contribution is 2.36. The molecule has 2 aromatic heterocycles. The van der Waals surface area contributed by atoms with Gasteiger partial charge in [-0.15, -0.1) is 22.7 Å². The summed E-state index contributed by atoms with van der Waals surface area (Å²) in [5, 5.41) is 14.4. The van der Waals surface area contributed by atoms with E-state index in [1.54, 1.807) is 12.3 Å². The Morgan fingerprint density at radius 1 is 1.31 bits per heavy atom. The highest BCUT2D eigenvalue weighted by Gasteiger charge is 2.17. The number of thiazole rings is 2. The van der Waals surface area contributed by atoms with Gasteiger partial charge in [0.05, 0.1) is 29.9 Å². The number of hydrogen-bond donors (Lipinski definition) is 2. The first-order valence-electron chi connectivity index (χ1n) is 7.31. The van der Waals surface area contributed by atoms with Crippen molar-refractivity contribution in [2.24, 2.45) is 0 Å². The molecule has 3 rings (SSSR count). The molecule has 0 saturated carbocycles. The number of nitrogens with one attached hydrogen (secondary N) is 1. The molecule has 0 saturated heterocycles. The van der Waals surface area contributed by atoms with Crippen molar-refractivity contribution < 1.29 is 23.4 Å². The average Bonchev–Trinajstić information content (AvgIpc) is 3.22. The van der Waals surface area contributed by atoms with Gasteiger partial charge in [0.1, 0.15) is 15.8 Å². The molecule has 6 nitrogen and oxygen atoms in total. The second kappa shape index (κ2) is 7.34. The van der Waals surface area contributed by atoms with E-state index < -0.39 is 23.5 Å². The molecule has 10 heteroatoms. The van der Waals surface area contributed by atoms with E-state index in [1.807, 2.05) is 0 Å². The van der Waals surface area contributed by atoms with E-state index in [1.165, 1.54) is 18.4 Å². The predicted molar refractivity (Wildman–Crippen MR) is 94.2 cm³/mol. The Bertz CT molecular complexity index is 972. The molecule has 1 amide bonds. The molecule has 0 bridgehead atoms. The lowest BCUT2D eigenvalue weighted by molar-refractivity contribution is 0.170. The summed E-state index contributed by atoms with van der Waals surface area (Å²) in [4.78, 5) is 20.6. The molecular formula is C16H13F2N3O3S2. The Labute approximate surface area is 155 Å². The summed E-state index contributed by atoms with van der Waals surface area (Å²) in [5.74, 6) is -2.42. The van der Waals surface area contributed by atoms with E-state index in [0.717, 1.165) is 28.3 Å². The van der Waals surface area contributed by atoms with Crippen LogP contribution in [0.4, 0.5) is 13.6 Å². The van der Waals surface area contributed by atoms with Crippen LogP contribution in [0.2, 0.25) is 0 Å². The Kier molecular flexibility index (Phi) is 5.14. The summed E-state index contributed by atoms with van der Waals surface area (Å²) in [6, 6.07) is 1.64. The molecule has 3 aromatic rings. The number of carbonyl (C=O) groups is 1. The number of hydrogen-bond acceptors (Lipinski definition) is 7. The van der Waals surface area contributed by atoms with Gasteiger partial charge in [-0.25, -0.2) is 23.5 Å². The van der Waals surface area contributed by atoms with E-state index in [0.29, 0.717) is 21.4 Å². The van der Waals surface area contributed by atoms with E-state index in [2.05, 4.69) is 20.0 Å². The molecule has 26 heavy (non-hydrogen) atoms. The average molecular weight is 397 g/mol. The minimum atomic E-state index is -0.914. The maximum atomic E-state index is 14.0. The second-order valence-electron chi connectivity index (χ2n) is 5.19. The van der Waals surface area contributed by atoms with Gasteiger partial charge in [-0.2, -0.15) is 0 Å². The largest absolute Gasteiger partial charge is 0.505 e. The monoisotopic (exact) mass is 397 g/mol. The molecule has 0 fully saturated rings. The van der Waals surface area contributed by atoms with E-state index >= 15 is 0 Å². The van der Waals surface area contributed by atoms with Crippen LogP contribution < -0.4 is 5.32 Å². The lowest BCUT2D eigenvalue weighted by Gasteiger charge is -2.01. The number of alkyl carbamates (subject to hydrolysis) is 1. The molecule has 0 spiro atoms. The number of aromatic hydroxyl groups is 1. The fraction of sp³-hybridized carbons (Fsp3) is 0.188. The van der Waals surface area contributed by atoms with E-state index in [-0.39, 0.29) is 12.1 Å². The lowest BCUT2D eigenvalue weighted by atomic mass is 10.2. The van der Waals surface area contributed by atoms with Crippen LogP contribution in [0.25, 0.3) is 21.1 Å². The maximum Gasteiger partial charge on any atom is 0.407 e. The van der Waals surface area contributed by atoms with Gasteiger partial charge >= 0.3 is 6.09 Å². The van der Waals surface area contributed by atoms with Crippen molar-refractivity contribution in [3.8, 4) is 26.9 Å². The summed E-state index contributed by atoms with van der Waals surface area (Å²) in [6.07, 6.45) is -0.555. The number of aryl methyl sites for hydroxylation is 1. The van der Waals surface area contributed by atoms with E-state index in [4.69, 9.17) is 0 Å². The molecular weight excluding hydrogens is 384 g/mol. The third-order valence-electron chi connectivity index (χ3n) is 3.41. The topological polar surface area (TPSA) is 84.3 Å². The third-order valence-corrected chi connectivity index (χ3v) is 5.47. The van der Waals surface area contributed by atoms with Crippen molar-refractivity contribution in [3.05, 3.63) is 39.8 Å². The third kappa shape index (κ3) is 3.65. The standard InChI is InChI=1S/C16H13F2N3O3S2/c1-7-14(26-13(20-7)5-19-16(23)24-2)11-6-25-15(21-11)8-3-10(18)12(22)4-9(8)17/h3-4,6,22H,5H2,1-2H3,(H,19,23). The van der Waals surface area contributed by atoms with Crippen molar-refractivity contribution in [1.29, 1.82) is 0 Å². The summed E-state index contributed by atoms with van der Waals surface area (Å²) in [6.45, 7) is 2.01. The van der Waals surface area contributed by atoms with Crippen molar-refractivity contribution in [1.82, 2.24) is 15.3 Å². The SMILES string of the molecule is COC(=O)NCc1nc(C)c(-c2csc(-c3cc(F)c(O)cc3F)n2)s1. The van der Waals surface area contributed by atoms with Gasteiger partial charge in [0.2, 0.25) is 0 Å². The Morgan fingerprint density at radius 2 is 2.08 bits per heavy atom. The number of ether oxygens (including phenoxy) is 1. The van der Waals surface area contributed by atoms with Crippen LogP contribution in [-0.4, -0.2) is 28.3 Å². The molecule has 0 radical (unpaired) electrons. The molecule has 0 unspecified atom stereocenters. The first kappa shape index (κ1) is 18.2. The van der Waals surface area contributed by atoms with Crippen LogP contribution in [0.5, 0.6) is 5.75 Å². The Morgan fingerprint density at radius 3 is 2.81 bits per heavy atom. The molecule has 2 N–H and O–H groups in total. The number of methoxy groups -OCH3 is 1. The molecule has 0 aliphatic rings. The van der Waals surface area contributed by atoms with Crippen molar-refractivity contribution in [3.63, 3.8) is 0 Å². The molecule has 1 aromatic carbocycles. The van der Waals surface area contributed by atoms with E-state index in [9.17, 15) is 18.7 Å². The summed E-state index contributed by atoms with van der Waals surface area (Å²) < 4.78 is 32.0. The van der Waals surface area contributed by atoms with Gasteiger partial charge in [-0.05, 0) is 13.0 Å². The molecule has 0 aliphatic heterocycles. The lowest BCUT2D eigenvalue weighted by Crippen LogP contribution is -2.22. The number of aromatic nitrogens is 2. The normalized spacial score (nSPS) is 10.8. The van der Waals surface area contributed by atoms with Gasteiger partial charge in [0.15, 0.2) is 11.6 Å². The number of phenolic OH excluding ortho intramolecular Hbond substituents is 1. The zero-order chi connectivity index (χ0) is 18.8. The fourth-order valence-electron chi connectivity index (χ4n) is 2.19. The Balaban J connectivity index is 1.87. The van der Waals surface area contributed by atoms with Crippen LogP contribution in [0.1, 0.15) is 10.7 Å². The summed E-state index contributed by atoms with van der Waals surface area (Å²) in [5.41, 5.74) is 1.27.